The minimum absolute atomic E-state index is 0.501. The van der Waals surface area contributed by atoms with Crippen molar-refractivity contribution in [1.29, 1.82) is 5.26 Å². The molecule has 0 bridgehead atoms. The van der Waals surface area contributed by atoms with Gasteiger partial charge in [0.2, 0.25) is 11.0 Å². The molecule has 1 aromatic carbocycles. The third-order valence-corrected chi connectivity index (χ3v) is 2.55. The lowest BCUT2D eigenvalue weighted by Crippen LogP contribution is -2.00. The first-order valence-electron chi connectivity index (χ1n) is 3.68. The third-order valence-electron chi connectivity index (χ3n) is 1.58. The average molecular weight is 187 g/mol. The van der Waals surface area contributed by atoms with Crippen LogP contribution in [0.1, 0.15) is 0 Å². The molecule has 13 heavy (non-hydrogen) atoms. The summed E-state index contributed by atoms with van der Waals surface area (Å²) >= 11 is 1.41. The lowest BCUT2D eigenvalue weighted by molar-refractivity contribution is 1.22. The number of nitriles is 1. The van der Waals surface area contributed by atoms with Crippen LogP contribution in [0.25, 0.3) is 10.1 Å². The standard InChI is InChI=1S/C9H5N3S/c10-6-12-9-11-5-7-3-1-2-4-8(7)13-9/h1-5H. The van der Waals surface area contributed by atoms with Gasteiger partial charge in [0.25, 0.3) is 0 Å². The van der Waals surface area contributed by atoms with Crippen molar-refractivity contribution >= 4 is 21.4 Å². The fourth-order valence-corrected chi connectivity index (χ4v) is 1.80. The van der Waals surface area contributed by atoms with Crippen molar-refractivity contribution in [3.63, 3.8) is 0 Å². The van der Waals surface area contributed by atoms with Gasteiger partial charge in [-0.25, -0.2) is 4.98 Å². The number of hydrogen-bond acceptors (Lipinski definition) is 4. The molecule has 62 valence electrons. The Labute approximate surface area is 78.6 Å². The number of nitrogens with zero attached hydrogens (tertiary/aromatic N) is 3. The monoisotopic (exact) mass is 187 g/mol. The van der Waals surface area contributed by atoms with E-state index in [0.29, 0.717) is 4.80 Å². The molecule has 1 heterocycles. The van der Waals surface area contributed by atoms with Crippen molar-refractivity contribution < 1.29 is 0 Å². The number of fused-ring (bicyclic) bond motifs is 1. The number of hydrogen-bond donors (Lipinski definition) is 0. The van der Waals surface area contributed by atoms with E-state index in [9.17, 15) is 0 Å². The second kappa shape index (κ2) is 3.33. The molecule has 0 atom stereocenters. The Kier molecular flexibility index (Phi) is 2.02. The van der Waals surface area contributed by atoms with Crippen LogP contribution in [0.3, 0.4) is 0 Å². The van der Waals surface area contributed by atoms with E-state index in [4.69, 9.17) is 5.26 Å². The predicted octanol–water partition coefficient (Wildman–Crippen LogP) is 1.68. The van der Waals surface area contributed by atoms with Gasteiger partial charge < -0.3 is 0 Å². The number of aromatic nitrogens is 1. The first kappa shape index (κ1) is 7.90. The topological polar surface area (TPSA) is 49.0 Å². The van der Waals surface area contributed by atoms with E-state index >= 15 is 0 Å². The van der Waals surface area contributed by atoms with Crippen LogP contribution in [0.2, 0.25) is 0 Å². The summed E-state index contributed by atoms with van der Waals surface area (Å²) in [5.74, 6) is 0. The maximum absolute atomic E-state index is 8.34. The highest BCUT2D eigenvalue weighted by Crippen LogP contribution is 2.12. The minimum atomic E-state index is 0.501. The maximum Gasteiger partial charge on any atom is 0.220 e. The lowest BCUT2D eigenvalue weighted by atomic mass is 10.3. The molecule has 0 N–H and O–H groups in total. The first-order chi connectivity index (χ1) is 6.40. The fourth-order valence-electron chi connectivity index (χ4n) is 1.02. The lowest BCUT2D eigenvalue weighted by Gasteiger charge is -1.92. The first-order valence-corrected chi connectivity index (χ1v) is 4.49. The molecule has 0 radical (unpaired) electrons. The molecule has 0 aliphatic heterocycles. The van der Waals surface area contributed by atoms with Crippen molar-refractivity contribution in [2.24, 2.45) is 4.99 Å². The normalized spacial score (nSPS) is 11.5. The molecule has 0 fully saturated rings. The molecule has 0 saturated heterocycles. The van der Waals surface area contributed by atoms with Gasteiger partial charge in [-0.15, -0.1) is 4.99 Å². The van der Waals surface area contributed by atoms with E-state index in [0.717, 1.165) is 10.1 Å². The number of benzene rings is 1. The van der Waals surface area contributed by atoms with Gasteiger partial charge in [0.05, 0.1) is 0 Å². The van der Waals surface area contributed by atoms with E-state index in [-0.39, 0.29) is 0 Å². The van der Waals surface area contributed by atoms with Gasteiger partial charge in [0.15, 0.2) is 0 Å². The summed E-state index contributed by atoms with van der Waals surface area (Å²) in [6, 6.07) is 7.87. The Morgan fingerprint density at radius 2 is 2.23 bits per heavy atom. The molecule has 2 aromatic rings. The van der Waals surface area contributed by atoms with Crippen LogP contribution in [0.4, 0.5) is 0 Å². The highest BCUT2D eigenvalue weighted by molar-refractivity contribution is 7.15. The van der Waals surface area contributed by atoms with Crippen LogP contribution in [0.5, 0.6) is 0 Å². The summed E-state index contributed by atoms with van der Waals surface area (Å²) in [5.41, 5.74) is 0. The SMILES string of the molecule is N#CN=c1ncc2ccccc2s1. The van der Waals surface area contributed by atoms with Crippen molar-refractivity contribution in [3.05, 3.63) is 35.3 Å². The highest BCUT2D eigenvalue weighted by Gasteiger charge is 1.91. The smallest absolute Gasteiger partial charge is 0.220 e. The molecule has 1 aromatic heterocycles. The largest absolute Gasteiger partial charge is 0.226 e. The Balaban J connectivity index is 2.78. The minimum Gasteiger partial charge on any atom is -0.226 e. The van der Waals surface area contributed by atoms with E-state index in [2.05, 4.69) is 9.98 Å². The van der Waals surface area contributed by atoms with Gasteiger partial charge in [-0.05, 0) is 6.07 Å². The molecular formula is C9H5N3S. The van der Waals surface area contributed by atoms with Gasteiger partial charge in [0, 0.05) is 16.3 Å². The summed E-state index contributed by atoms with van der Waals surface area (Å²) < 4.78 is 1.09. The predicted molar refractivity (Wildman–Crippen MR) is 50.8 cm³/mol. The van der Waals surface area contributed by atoms with Gasteiger partial charge >= 0.3 is 0 Å². The van der Waals surface area contributed by atoms with Crippen LogP contribution < -0.4 is 4.80 Å². The maximum atomic E-state index is 8.34. The summed E-state index contributed by atoms with van der Waals surface area (Å²) in [4.78, 5) is 8.10. The summed E-state index contributed by atoms with van der Waals surface area (Å²) in [6.45, 7) is 0. The highest BCUT2D eigenvalue weighted by atomic mass is 32.1. The second-order valence-electron chi connectivity index (χ2n) is 2.39. The Bertz CT molecular complexity index is 536. The number of rotatable bonds is 0. The van der Waals surface area contributed by atoms with Crippen molar-refractivity contribution in [2.75, 3.05) is 0 Å². The van der Waals surface area contributed by atoms with E-state index in [1.165, 1.54) is 11.3 Å². The van der Waals surface area contributed by atoms with Gasteiger partial charge in [-0.2, -0.15) is 5.26 Å². The second-order valence-corrected chi connectivity index (χ2v) is 3.40. The summed E-state index contributed by atoms with van der Waals surface area (Å²) in [7, 11) is 0. The van der Waals surface area contributed by atoms with E-state index in [1.807, 2.05) is 24.3 Å². The quantitative estimate of drug-likeness (QED) is 0.589. The van der Waals surface area contributed by atoms with Crippen LogP contribution in [-0.2, 0) is 0 Å². The molecule has 0 unspecified atom stereocenters. The molecule has 3 nitrogen and oxygen atoms in total. The van der Waals surface area contributed by atoms with Crippen molar-refractivity contribution in [1.82, 2.24) is 4.98 Å². The zero-order chi connectivity index (χ0) is 9.10. The third kappa shape index (κ3) is 1.55. The zero-order valence-electron chi connectivity index (χ0n) is 6.64. The van der Waals surface area contributed by atoms with E-state index < -0.39 is 0 Å². The molecule has 2 rings (SSSR count). The Morgan fingerprint density at radius 3 is 3.08 bits per heavy atom. The van der Waals surface area contributed by atoms with Crippen molar-refractivity contribution in [3.8, 4) is 6.19 Å². The van der Waals surface area contributed by atoms with Crippen LogP contribution in [0.15, 0.2) is 35.5 Å². The molecule has 0 saturated carbocycles. The molecule has 0 aliphatic carbocycles. The molecule has 0 spiro atoms. The molecule has 0 amide bonds. The average Bonchev–Trinajstić information content (AvgIpc) is 2.18. The van der Waals surface area contributed by atoms with Crippen LogP contribution in [0, 0.1) is 11.5 Å². The van der Waals surface area contributed by atoms with Crippen LogP contribution in [-0.4, -0.2) is 4.98 Å². The molecule has 4 heteroatoms. The Morgan fingerprint density at radius 1 is 1.38 bits per heavy atom. The van der Waals surface area contributed by atoms with Crippen molar-refractivity contribution in [2.45, 2.75) is 0 Å². The van der Waals surface area contributed by atoms with Gasteiger partial charge in [-0.3, -0.25) is 0 Å². The Hall–Kier alpha value is -1.73. The van der Waals surface area contributed by atoms with Gasteiger partial charge in [0.1, 0.15) is 0 Å². The molecular weight excluding hydrogens is 182 g/mol. The van der Waals surface area contributed by atoms with E-state index in [1.54, 1.807) is 12.4 Å². The van der Waals surface area contributed by atoms with Gasteiger partial charge in [-0.1, -0.05) is 29.5 Å². The summed E-state index contributed by atoms with van der Waals surface area (Å²) in [5, 5.41) is 9.42. The fraction of sp³-hybridized carbons (Fsp3) is 0. The summed E-state index contributed by atoms with van der Waals surface area (Å²) in [6.07, 6.45) is 3.45. The zero-order valence-corrected chi connectivity index (χ0v) is 7.45. The molecule has 0 aliphatic rings. The van der Waals surface area contributed by atoms with Crippen LogP contribution >= 0.6 is 11.3 Å².